The Morgan fingerprint density at radius 2 is 1.85 bits per heavy atom. The first-order valence-corrected chi connectivity index (χ1v) is 12.7. The van der Waals surface area contributed by atoms with Gasteiger partial charge in [0.25, 0.3) is 11.5 Å². The van der Waals surface area contributed by atoms with Gasteiger partial charge in [-0.1, -0.05) is 18.2 Å². The monoisotopic (exact) mass is 534 g/mol. The van der Waals surface area contributed by atoms with E-state index in [1.54, 1.807) is 36.4 Å². The summed E-state index contributed by atoms with van der Waals surface area (Å²) in [4.78, 5) is 50.4. The van der Waals surface area contributed by atoms with E-state index < -0.39 is 28.9 Å². The molecule has 2 aromatic heterocycles. The Morgan fingerprint density at radius 3 is 2.62 bits per heavy atom. The molecule has 5 rings (SSSR count). The number of primary amides is 2. The molecule has 2 aliphatic rings. The van der Waals surface area contributed by atoms with Crippen LogP contribution in [-0.4, -0.2) is 46.1 Å². The van der Waals surface area contributed by atoms with Crippen molar-refractivity contribution in [2.45, 2.75) is 37.8 Å². The summed E-state index contributed by atoms with van der Waals surface area (Å²) < 4.78 is 13.3. The lowest BCUT2D eigenvalue weighted by Gasteiger charge is -2.42. The summed E-state index contributed by atoms with van der Waals surface area (Å²) in [5.74, 6) is -1.73. The third-order valence-electron chi connectivity index (χ3n) is 7.30. The van der Waals surface area contributed by atoms with Crippen LogP contribution in [0.2, 0.25) is 0 Å². The Labute approximate surface area is 223 Å². The number of amides is 2. The fourth-order valence-electron chi connectivity index (χ4n) is 5.75. The minimum atomic E-state index is -0.869. The second-order valence-electron chi connectivity index (χ2n) is 10.2. The molecule has 0 radical (unpaired) electrons. The molecule has 4 heterocycles. The number of fused-ring (bicyclic) bond motifs is 4. The van der Waals surface area contributed by atoms with Gasteiger partial charge in [-0.15, -0.1) is 0 Å². The van der Waals surface area contributed by atoms with Crippen LogP contribution in [0.25, 0.3) is 0 Å². The predicted octanol–water partition coefficient (Wildman–Crippen LogP) is 0.998. The summed E-state index contributed by atoms with van der Waals surface area (Å²) in [7, 11) is 0. The lowest BCUT2D eigenvalue weighted by molar-refractivity contribution is -0.120. The molecule has 204 valence electrons. The first kappa shape index (κ1) is 26.2. The second-order valence-corrected chi connectivity index (χ2v) is 10.2. The van der Waals surface area contributed by atoms with Gasteiger partial charge in [0.05, 0.1) is 12.5 Å². The minimum absolute atomic E-state index is 0.00871. The van der Waals surface area contributed by atoms with E-state index in [0.29, 0.717) is 36.7 Å². The highest BCUT2D eigenvalue weighted by molar-refractivity contribution is 5.76. The Kier molecular flexibility index (Phi) is 7.25. The fourth-order valence-corrected chi connectivity index (χ4v) is 5.75. The molecule has 0 unspecified atom stereocenters. The lowest BCUT2D eigenvalue weighted by Crippen LogP contribution is -2.46. The summed E-state index contributed by atoms with van der Waals surface area (Å²) in [6, 6.07) is 13.1. The summed E-state index contributed by atoms with van der Waals surface area (Å²) in [6.07, 6.45) is 0.748. The molecule has 39 heavy (non-hydrogen) atoms. The van der Waals surface area contributed by atoms with Gasteiger partial charge in [0.2, 0.25) is 17.1 Å². The molecule has 2 bridgehead atoms. The fraction of sp³-hybridized carbons (Fsp3) is 0.357. The molecule has 11 heteroatoms. The van der Waals surface area contributed by atoms with Gasteiger partial charge >= 0.3 is 0 Å². The van der Waals surface area contributed by atoms with Gasteiger partial charge in [0, 0.05) is 49.8 Å². The summed E-state index contributed by atoms with van der Waals surface area (Å²) in [5.41, 5.74) is 11.6. The number of aromatic hydroxyl groups is 1. The zero-order valence-electron chi connectivity index (χ0n) is 21.2. The molecule has 1 aromatic carbocycles. The van der Waals surface area contributed by atoms with Crippen LogP contribution in [0.1, 0.15) is 47.5 Å². The van der Waals surface area contributed by atoms with Crippen LogP contribution in [-0.2, 0) is 22.7 Å². The van der Waals surface area contributed by atoms with Crippen molar-refractivity contribution in [3.05, 3.63) is 91.9 Å². The SMILES string of the molecule is NC(=O)COc1cccc([C@@H](CC(N)=O)c2oc(CN3C[C@H]4C[C@@H](C3)c3cccc(=O)n3C4)cc(=O)c2O)c1. The van der Waals surface area contributed by atoms with E-state index in [4.69, 9.17) is 20.6 Å². The zero-order chi connectivity index (χ0) is 27.7. The summed E-state index contributed by atoms with van der Waals surface area (Å²) in [5, 5.41) is 10.7. The minimum Gasteiger partial charge on any atom is -0.502 e. The van der Waals surface area contributed by atoms with Gasteiger partial charge < -0.3 is 30.3 Å². The average molecular weight is 535 g/mol. The number of pyridine rings is 1. The van der Waals surface area contributed by atoms with E-state index in [0.717, 1.165) is 18.7 Å². The molecule has 1 fully saturated rings. The predicted molar refractivity (Wildman–Crippen MR) is 140 cm³/mol. The number of carbonyl (C=O) groups excluding carboxylic acids is 2. The van der Waals surface area contributed by atoms with Crippen LogP contribution in [0.15, 0.2) is 62.5 Å². The second kappa shape index (κ2) is 10.8. The Bertz CT molecular complexity index is 1530. The van der Waals surface area contributed by atoms with Crippen molar-refractivity contribution in [3.63, 3.8) is 0 Å². The molecule has 1 saturated heterocycles. The topological polar surface area (TPSA) is 171 Å². The van der Waals surface area contributed by atoms with Crippen LogP contribution in [0.4, 0.5) is 0 Å². The summed E-state index contributed by atoms with van der Waals surface area (Å²) in [6.45, 7) is 2.03. The number of aromatic nitrogens is 1. The molecule has 3 atom stereocenters. The van der Waals surface area contributed by atoms with E-state index in [2.05, 4.69) is 4.90 Å². The summed E-state index contributed by atoms with van der Waals surface area (Å²) >= 11 is 0. The number of hydrogen-bond donors (Lipinski definition) is 3. The highest BCUT2D eigenvalue weighted by atomic mass is 16.5. The number of hydrogen-bond acceptors (Lipinski definition) is 8. The Hall–Kier alpha value is -4.38. The standard InChI is InChI=1S/C28H30N4O7/c29-24(34)10-21(17-3-1-4-19(8-17)38-15-25(30)35)28-27(37)23(33)9-20(39-28)14-31-11-16-7-18(13-31)22-5-2-6-26(36)32(22)12-16/h1-6,8-9,16,18,21,37H,7,10-15H2,(H2,29,34)(H2,30,35)/t16-,18+,21-/m1/s1. The highest BCUT2D eigenvalue weighted by Crippen LogP contribution is 2.37. The highest BCUT2D eigenvalue weighted by Gasteiger charge is 2.35. The molecular formula is C28H30N4O7. The maximum Gasteiger partial charge on any atom is 0.255 e. The maximum atomic E-state index is 12.8. The number of carbonyl (C=O) groups is 2. The van der Waals surface area contributed by atoms with Crippen molar-refractivity contribution in [2.24, 2.45) is 17.4 Å². The number of nitrogens with zero attached hydrogens (tertiary/aromatic N) is 2. The third-order valence-corrected chi connectivity index (χ3v) is 7.30. The van der Waals surface area contributed by atoms with Crippen LogP contribution < -0.4 is 27.2 Å². The third kappa shape index (κ3) is 5.73. The van der Waals surface area contributed by atoms with Crippen molar-refractivity contribution in [3.8, 4) is 11.5 Å². The van der Waals surface area contributed by atoms with E-state index in [1.165, 1.54) is 6.07 Å². The van der Waals surface area contributed by atoms with Gasteiger partial charge in [-0.05, 0) is 36.1 Å². The first-order valence-electron chi connectivity index (χ1n) is 12.7. The van der Waals surface area contributed by atoms with Crippen molar-refractivity contribution < 1.29 is 23.8 Å². The zero-order valence-corrected chi connectivity index (χ0v) is 21.2. The van der Waals surface area contributed by atoms with Gasteiger partial charge in [-0.3, -0.25) is 24.1 Å². The number of rotatable bonds is 9. The molecular weight excluding hydrogens is 504 g/mol. The normalized spacial score (nSPS) is 19.2. The van der Waals surface area contributed by atoms with E-state index in [9.17, 15) is 24.3 Å². The van der Waals surface area contributed by atoms with Gasteiger partial charge in [0.1, 0.15) is 11.5 Å². The van der Waals surface area contributed by atoms with Crippen LogP contribution >= 0.6 is 0 Å². The number of ether oxygens (including phenoxy) is 1. The Morgan fingerprint density at radius 1 is 1.05 bits per heavy atom. The van der Waals surface area contributed by atoms with Crippen molar-refractivity contribution in [1.29, 1.82) is 0 Å². The molecule has 0 aliphatic carbocycles. The smallest absolute Gasteiger partial charge is 0.255 e. The molecule has 11 nitrogen and oxygen atoms in total. The quantitative estimate of drug-likeness (QED) is 0.365. The molecule has 0 spiro atoms. The van der Waals surface area contributed by atoms with E-state index >= 15 is 0 Å². The average Bonchev–Trinajstić information content (AvgIpc) is 2.89. The molecule has 2 amide bonds. The molecule has 3 aromatic rings. The molecule has 0 saturated carbocycles. The van der Waals surface area contributed by atoms with E-state index in [1.807, 2.05) is 10.6 Å². The van der Waals surface area contributed by atoms with Crippen LogP contribution in [0, 0.1) is 5.92 Å². The van der Waals surface area contributed by atoms with Crippen molar-refractivity contribution >= 4 is 11.8 Å². The van der Waals surface area contributed by atoms with Crippen molar-refractivity contribution in [2.75, 3.05) is 19.7 Å². The maximum absolute atomic E-state index is 12.8. The first-order chi connectivity index (χ1) is 18.7. The number of piperidine rings is 1. The Balaban J connectivity index is 1.43. The van der Waals surface area contributed by atoms with Crippen LogP contribution in [0.5, 0.6) is 11.5 Å². The van der Waals surface area contributed by atoms with Crippen molar-refractivity contribution in [1.82, 2.24) is 9.47 Å². The lowest BCUT2D eigenvalue weighted by atomic mass is 9.83. The van der Waals surface area contributed by atoms with Gasteiger partial charge in [0.15, 0.2) is 12.4 Å². The molecule has 5 N–H and O–H groups in total. The van der Waals surface area contributed by atoms with Crippen LogP contribution in [0.3, 0.4) is 0 Å². The number of benzene rings is 1. The largest absolute Gasteiger partial charge is 0.502 e. The number of likely N-dealkylation sites (tertiary alicyclic amines) is 1. The number of nitrogens with two attached hydrogens (primary N) is 2. The molecule has 2 aliphatic heterocycles. The van der Waals surface area contributed by atoms with Gasteiger partial charge in [-0.2, -0.15) is 0 Å². The van der Waals surface area contributed by atoms with E-state index in [-0.39, 0.29) is 36.2 Å². The van der Waals surface area contributed by atoms with Gasteiger partial charge in [-0.25, -0.2) is 0 Å².